The third-order valence-electron chi connectivity index (χ3n) is 8.49. The van der Waals surface area contributed by atoms with Gasteiger partial charge in [-0.2, -0.15) is 21.0 Å². The van der Waals surface area contributed by atoms with Crippen molar-refractivity contribution in [1.82, 2.24) is 0 Å². The van der Waals surface area contributed by atoms with E-state index in [1.807, 2.05) is 24.3 Å². The normalized spacial score (nSPS) is 16.8. The number of hydrogen-bond donors (Lipinski definition) is 0. The van der Waals surface area contributed by atoms with Crippen molar-refractivity contribution in [3.8, 4) is 34.0 Å². The maximum Gasteiger partial charge on any atom is 0.194 e. The lowest BCUT2D eigenvalue weighted by molar-refractivity contribution is 0.103. The molecular formula is C36H18N4O2S2Si. The van der Waals surface area contributed by atoms with Crippen LogP contribution >= 0.6 is 22.7 Å². The van der Waals surface area contributed by atoms with Crippen LogP contribution in [0.15, 0.2) is 83.0 Å². The molecular weight excluding hydrogens is 613 g/mol. The fourth-order valence-electron chi connectivity index (χ4n) is 6.35. The van der Waals surface area contributed by atoms with Crippen molar-refractivity contribution < 1.29 is 9.59 Å². The van der Waals surface area contributed by atoms with E-state index in [2.05, 4.69) is 25.2 Å². The summed E-state index contributed by atoms with van der Waals surface area (Å²) >= 11 is 3.14. The predicted molar refractivity (Wildman–Crippen MR) is 178 cm³/mol. The summed E-state index contributed by atoms with van der Waals surface area (Å²) < 4.78 is 0. The van der Waals surface area contributed by atoms with Crippen molar-refractivity contribution in [1.29, 1.82) is 21.0 Å². The average Bonchev–Trinajstić information content (AvgIpc) is 3.82. The second-order valence-electron chi connectivity index (χ2n) is 11.2. The first-order valence-corrected chi connectivity index (χ1v) is 18.5. The van der Waals surface area contributed by atoms with E-state index in [1.54, 1.807) is 83.4 Å². The van der Waals surface area contributed by atoms with Crippen LogP contribution in [-0.4, -0.2) is 19.6 Å². The zero-order chi connectivity index (χ0) is 31.6. The molecule has 0 saturated carbocycles. The second-order valence-corrected chi connectivity index (χ2v) is 17.7. The molecule has 0 N–H and O–H groups in total. The molecule has 0 saturated heterocycles. The van der Waals surface area contributed by atoms with Gasteiger partial charge in [-0.05, 0) is 45.8 Å². The first-order chi connectivity index (χ1) is 21.7. The molecule has 0 bridgehead atoms. The van der Waals surface area contributed by atoms with E-state index in [0.717, 1.165) is 19.5 Å². The number of carbonyl (C=O) groups is 2. The number of ketones is 2. The highest BCUT2D eigenvalue weighted by atomic mass is 32.1. The van der Waals surface area contributed by atoms with Gasteiger partial charge in [-0.25, -0.2) is 0 Å². The van der Waals surface area contributed by atoms with E-state index in [1.165, 1.54) is 10.4 Å². The molecule has 7 rings (SSSR count). The summed E-state index contributed by atoms with van der Waals surface area (Å²) in [6.07, 6.45) is 3.60. The van der Waals surface area contributed by atoms with Crippen LogP contribution in [0.3, 0.4) is 0 Å². The van der Waals surface area contributed by atoms with Crippen molar-refractivity contribution in [2.45, 2.75) is 13.1 Å². The van der Waals surface area contributed by atoms with Gasteiger partial charge < -0.3 is 0 Å². The van der Waals surface area contributed by atoms with Crippen LogP contribution in [0, 0.1) is 45.3 Å². The fraction of sp³-hybridized carbons (Fsp3) is 0.0556. The van der Waals surface area contributed by atoms with Crippen molar-refractivity contribution >= 4 is 76.0 Å². The number of nitrogens with zero attached hydrogens (tertiary/aromatic N) is 4. The highest BCUT2D eigenvalue weighted by molar-refractivity contribution is 7.29. The van der Waals surface area contributed by atoms with Crippen molar-refractivity contribution in [2.75, 3.05) is 0 Å². The van der Waals surface area contributed by atoms with E-state index < -0.39 is 8.07 Å². The molecule has 3 heterocycles. The van der Waals surface area contributed by atoms with Crippen LogP contribution < -0.4 is 10.4 Å². The van der Waals surface area contributed by atoms with Gasteiger partial charge in [0.05, 0.1) is 0 Å². The van der Waals surface area contributed by atoms with E-state index >= 15 is 0 Å². The maximum atomic E-state index is 13.5. The Morgan fingerprint density at radius 1 is 0.622 bits per heavy atom. The number of carbonyl (C=O) groups excluding carboxylic acids is 2. The Morgan fingerprint density at radius 2 is 0.978 bits per heavy atom. The number of rotatable bonds is 2. The zero-order valence-electron chi connectivity index (χ0n) is 23.9. The molecule has 2 aromatic heterocycles. The molecule has 9 heteroatoms. The summed E-state index contributed by atoms with van der Waals surface area (Å²) in [6.45, 7) is 4.53. The fourth-order valence-corrected chi connectivity index (χ4v) is 13.5. The van der Waals surface area contributed by atoms with Crippen LogP contribution in [0.5, 0.6) is 0 Å². The number of Topliss-reactive ketones (excluding diaryl/α,β-unsaturated/α-hetero) is 2. The van der Waals surface area contributed by atoms with Gasteiger partial charge in [0.2, 0.25) is 0 Å². The number of hydrogen-bond acceptors (Lipinski definition) is 8. The van der Waals surface area contributed by atoms with Crippen molar-refractivity contribution in [2.24, 2.45) is 0 Å². The first-order valence-electron chi connectivity index (χ1n) is 13.8. The topological polar surface area (TPSA) is 129 Å². The van der Waals surface area contributed by atoms with E-state index in [4.69, 9.17) is 0 Å². The van der Waals surface area contributed by atoms with Gasteiger partial charge in [-0.1, -0.05) is 61.6 Å². The molecule has 1 aliphatic heterocycles. The van der Waals surface area contributed by atoms with Gasteiger partial charge in [0.25, 0.3) is 0 Å². The van der Waals surface area contributed by atoms with Gasteiger partial charge >= 0.3 is 0 Å². The van der Waals surface area contributed by atoms with Gasteiger partial charge in [0, 0.05) is 52.9 Å². The summed E-state index contributed by atoms with van der Waals surface area (Å²) in [6, 6.07) is 26.2. The molecule has 0 radical (unpaired) electrons. The molecule has 0 fully saturated rings. The highest BCUT2D eigenvalue weighted by Crippen LogP contribution is 2.45. The summed E-state index contributed by atoms with van der Waals surface area (Å²) in [5.41, 5.74) is 3.39. The smallest absolute Gasteiger partial charge is 0.194 e. The number of thiophene rings is 2. The molecule has 2 aromatic carbocycles. The van der Waals surface area contributed by atoms with E-state index in [9.17, 15) is 30.6 Å². The molecule has 2 aliphatic carbocycles. The Kier molecular flexibility index (Phi) is 6.37. The van der Waals surface area contributed by atoms with Gasteiger partial charge in [0.1, 0.15) is 43.5 Å². The molecule has 0 amide bonds. The summed E-state index contributed by atoms with van der Waals surface area (Å²) in [4.78, 5) is 30.9. The Bertz CT molecular complexity index is 2190. The number of benzene rings is 2. The van der Waals surface area contributed by atoms with Gasteiger partial charge in [-0.3, -0.25) is 9.59 Å². The zero-order valence-corrected chi connectivity index (χ0v) is 26.5. The molecule has 0 unspecified atom stereocenters. The number of nitriles is 4. The monoisotopic (exact) mass is 630 g/mol. The van der Waals surface area contributed by atoms with E-state index in [0.29, 0.717) is 44.5 Å². The molecule has 210 valence electrons. The van der Waals surface area contributed by atoms with E-state index in [-0.39, 0.29) is 22.7 Å². The lowest BCUT2D eigenvalue weighted by Crippen LogP contribution is -2.48. The molecule has 45 heavy (non-hydrogen) atoms. The van der Waals surface area contributed by atoms with Crippen LogP contribution in [0.1, 0.15) is 41.6 Å². The Morgan fingerprint density at radius 3 is 1.33 bits per heavy atom. The van der Waals surface area contributed by atoms with Crippen LogP contribution in [-0.2, 0) is 0 Å². The molecule has 0 atom stereocenters. The van der Waals surface area contributed by atoms with Gasteiger partial charge in [0.15, 0.2) is 11.6 Å². The molecule has 3 aliphatic rings. The Hall–Kier alpha value is -5.68. The van der Waals surface area contributed by atoms with Gasteiger partial charge in [-0.15, -0.1) is 22.7 Å². The standard InChI is InChI=1S/C36H18N4O2S2Si/c1-45(2)29-13-21(11-27-31(19(15-37)16-38)23-7-3-5-9-25(23)33(27)41)43-35(29)36-30(45)14-22(44-36)12-28-32(20(17-39)18-40)24-8-4-6-10-26(24)34(28)42/h3-14H,1-2H3/b27-11-,28-12-. The summed E-state index contributed by atoms with van der Waals surface area (Å²) in [5, 5.41) is 41.2. The number of allylic oxidation sites excluding steroid dienone is 6. The number of fused-ring (bicyclic) bond motifs is 5. The first kappa shape index (κ1) is 28.1. The second kappa shape index (κ2) is 10.2. The minimum Gasteiger partial charge on any atom is -0.289 e. The third-order valence-corrected chi connectivity index (χ3v) is 14.7. The Balaban J connectivity index is 1.34. The van der Waals surface area contributed by atoms with Crippen LogP contribution in [0.25, 0.3) is 33.1 Å². The predicted octanol–water partition coefficient (Wildman–Crippen LogP) is 6.77. The van der Waals surface area contributed by atoms with Crippen molar-refractivity contribution in [3.63, 3.8) is 0 Å². The highest BCUT2D eigenvalue weighted by Gasteiger charge is 2.42. The SMILES string of the molecule is C[Si]1(C)c2cc(/C=C3\C(=O)c4ccccc4C3=C(C#N)C#N)sc2-c2sc(/C=C3\C(=O)c4ccccc4C3=C(C#N)C#N)cc21. The maximum absolute atomic E-state index is 13.5. The van der Waals surface area contributed by atoms with Crippen LogP contribution in [0.2, 0.25) is 13.1 Å². The molecule has 6 nitrogen and oxygen atoms in total. The minimum absolute atomic E-state index is 0.0930. The molecule has 4 aromatic rings. The van der Waals surface area contributed by atoms with Crippen molar-refractivity contribution in [3.05, 3.63) is 115 Å². The minimum atomic E-state index is -2.16. The summed E-state index contributed by atoms with van der Waals surface area (Å²) in [5.74, 6) is -0.417. The quantitative estimate of drug-likeness (QED) is 0.136. The molecule has 0 spiro atoms. The Labute approximate surface area is 267 Å². The average molecular weight is 631 g/mol. The largest absolute Gasteiger partial charge is 0.289 e. The lowest BCUT2D eigenvalue weighted by Gasteiger charge is -2.16. The lowest BCUT2D eigenvalue weighted by atomic mass is 9.99. The van der Waals surface area contributed by atoms with Crippen LogP contribution in [0.4, 0.5) is 0 Å². The third kappa shape index (κ3) is 4.01. The summed E-state index contributed by atoms with van der Waals surface area (Å²) in [7, 11) is -2.16.